The van der Waals surface area contributed by atoms with Crippen LogP contribution < -0.4 is 5.32 Å². The molecule has 4 rings (SSSR count). The van der Waals surface area contributed by atoms with Crippen molar-refractivity contribution >= 4 is 29.0 Å². The number of thiophene rings is 1. The molecule has 0 bridgehead atoms. The Kier molecular flexibility index (Phi) is 8.97. The number of benzene rings is 1. The minimum atomic E-state index is 0.145. The summed E-state index contributed by atoms with van der Waals surface area (Å²) >= 11 is 3.32. The van der Waals surface area contributed by atoms with Gasteiger partial charge in [0.05, 0.1) is 4.88 Å². The Morgan fingerprint density at radius 1 is 1.15 bits per heavy atom. The Bertz CT molecular complexity index is 990. The van der Waals surface area contributed by atoms with Crippen LogP contribution in [0.3, 0.4) is 0 Å². The van der Waals surface area contributed by atoms with Gasteiger partial charge in [0.1, 0.15) is 0 Å². The number of nitrogens with zero attached hydrogens (tertiary/aromatic N) is 4. The van der Waals surface area contributed by atoms with E-state index in [0.29, 0.717) is 12.5 Å². The maximum absolute atomic E-state index is 12.3. The van der Waals surface area contributed by atoms with E-state index < -0.39 is 0 Å². The Labute approximate surface area is 204 Å². The number of amides is 1. The lowest BCUT2D eigenvalue weighted by Crippen LogP contribution is -2.39. The van der Waals surface area contributed by atoms with Crippen molar-refractivity contribution in [3.05, 3.63) is 47.8 Å². The summed E-state index contributed by atoms with van der Waals surface area (Å²) in [6, 6.07) is 15.0. The number of hydrogen-bond acceptors (Lipinski definition) is 6. The molecule has 1 unspecified atom stereocenters. The van der Waals surface area contributed by atoms with Crippen LogP contribution in [0.5, 0.6) is 0 Å². The zero-order valence-electron chi connectivity index (χ0n) is 19.3. The fourth-order valence-corrected chi connectivity index (χ4v) is 5.81. The Balaban J connectivity index is 1.22. The van der Waals surface area contributed by atoms with Crippen molar-refractivity contribution in [3.63, 3.8) is 0 Å². The van der Waals surface area contributed by atoms with E-state index in [9.17, 15) is 4.79 Å². The number of hydrogen-bond donors (Lipinski definition) is 1. The van der Waals surface area contributed by atoms with Crippen molar-refractivity contribution in [1.29, 1.82) is 0 Å². The van der Waals surface area contributed by atoms with Crippen molar-refractivity contribution in [1.82, 2.24) is 25.0 Å². The summed E-state index contributed by atoms with van der Waals surface area (Å²) in [7, 11) is 0. The second-order valence-corrected chi connectivity index (χ2v) is 10.5. The zero-order valence-corrected chi connectivity index (χ0v) is 20.9. The molecule has 1 atom stereocenters. The maximum atomic E-state index is 12.3. The lowest BCUT2D eigenvalue weighted by molar-refractivity contribution is -0.121. The smallest absolute Gasteiger partial charge is 0.220 e. The lowest BCUT2D eigenvalue weighted by atomic mass is 10.0. The molecular weight excluding hydrogens is 450 g/mol. The molecule has 1 aromatic carbocycles. The number of rotatable bonds is 11. The van der Waals surface area contributed by atoms with E-state index in [1.807, 2.05) is 24.3 Å². The van der Waals surface area contributed by atoms with Crippen LogP contribution in [-0.2, 0) is 4.79 Å². The van der Waals surface area contributed by atoms with E-state index in [1.54, 1.807) is 23.1 Å². The molecule has 6 nitrogen and oxygen atoms in total. The van der Waals surface area contributed by atoms with Crippen molar-refractivity contribution in [2.45, 2.75) is 56.6 Å². The van der Waals surface area contributed by atoms with Crippen LogP contribution in [0, 0.1) is 0 Å². The van der Waals surface area contributed by atoms with Crippen LogP contribution in [0.25, 0.3) is 16.4 Å². The highest BCUT2D eigenvalue weighted by atomic mass is 32.2. The summed E-state index contributed by atoms with van der Waals surface area (Å²) in [5, 5.41) is 14.9. The summed E-state index contributed by atoms with van der Waals surface area (Å²) in [6.45, 7) is 5.37. The predicted molar refractivity (Wildman–Crippen MR) is 137 cm³/mol. The monoisotopic (exact) mass is 483 g/mol. The van der Waals surface area contributed by atoms with Gasteiger partial charge in [-0.25, -0.2) is 0 Å². The number of thioether (sulfide) groups is 1. The van der Waals surface area contributed by atoms with Gasteiger partial charge in [-0.3, -0.25) is 9.36 Å². The number of likely N-dealkylation sites (tertiary alicyclic amines) is 1. The molecule has 0 saturated carbocycles. The molecule has 1 N–H and O–H groups in total. The van der Waals surface area contributed by atoms with E-state index in [4.69, 9.17) is 0 Å². The molecule has 33 heavy (non-hydrogen) atoms. The molecule has 8 heteroatoms. The van der Waals surface area contributed by atoms with Crippen LogP contribution in [0.2, 0.25) is 0 Å². The quantitative estimate of drug-likeness (QED) is 0.298. The van der Waals surface area contributed by atoms with Gasteiger partial charge in [-0.05, 0) is 62.7 Å². The second-order valence-electron chi connectivity index (χ2n) is 8.49. The standard InChI is InChI=1S/C25H33N5OS2/c1-20-10-5-6-16-29(20)17-9-15-26-23(31)14-8-19-33-25-28-27-24(22-13-7-18-32-22)30(25)21-11-3-2-4-12-21/h2-4,7,11-13,18,20H,5-6,8-10,14-17,19H2,1H3,(H,26,31). The first kappa shape index (κ1) is 24.0. The molecule has 1 fully saturated rings. The van der Waals surface area contributed by atoms with E-state index in [0.717, 1.165) is 53.2 Å². The van der Waals surface area contributed by atoms with Gasteiger partial charge in [0.15, 0.2) is 11.0 Å². The van der Waals surface area contributed by atoms with Crippen LogP contribution in [-0.4, -0.2) is 57.0 Å². The highest BCUT2D eigenvalue weighted by molar-refractivity contribution is 7.99. The largest absolute Gasteiger partial charge is 0.356 e. The van der Waals surface area contributed by atoms with Crippen molar-refractivity contribution < 1.29 is 4.79 Å². The molecule has 1 saturated heterocycles. The molecule has 0 aliphatic carbocycles. The van der Waals surface area contributed by atoms with Gasteiger partial charge in [-0.2, -0.15) is 0 Å². The first-order valence-electron chi connectivity index (χ1n) is 11.9. The Hall–Kier alpha value is -2.16. The number of aromatic nitrogens is 3. The zero-order chi connectivity index (χ0) is 22.9. The third kappa shape index (κ3) is 6.68. The molecule has 1 aliphatic heterocycles. The highest BCUT2D eigenvalue weighted by Gasteiger charge is 2.18. The molecule has 3 heterocycles. The number of nitrogens with one attached hydrogen (secondary N) is 1. The van der Waals surface area contributed by atoms with Crippen LogP contribution >= 0.6 is 23.1 Å². The molecule has 3 aromatic rings. The molecule has 2 aromatic heterocycles. The van der Waals surface area contributed by atoms with Gasteiger partial charge in [0, 0.05) is 37.0 Å². The molecule has 0 spiro atoms. The van der Waals surface area contributed by atoms with Crippen molar-refractivity contribution in [2.75, 3.05) is 25.4 Å². The predicted octanol–water partition coefficient (Wildman–Crippen LogP) is 5.25. The fraction of sp³-hybridized carbons (Fsp3) is 0.480. The average Bonchev–Trinajstić information content (AvgIpc) is 3.51. The summed E-state index contributed by atoms with van der Waals surface area (Å²) < 4.78 is 2.11. The Morgan fingerprint density at radius 2 is 2.03 bits per heavy atom. The van der Waals surface area contributed by atoms with Gasteiger partial charge in [-0.1, -0.05) is 42.4 Å². The number of para-hydroxylation sites is 1. The third-order valence-corrected chi connectivity index (χ3v) is 7.93. The van der Waals surface area contributed by atoms with E-state index in [-0.39, 0.29) is 5.91 Å². The summed E-state index contributed by atoms with van der Waals surface area (Å²) in [6.07, 6.45) is 6.35. The minimum absolute atomic E-state index is 0.145. The van der Waals surface area contributed by atoms with Crippen LogP contribution in [0.15, 0.2) is 53.0 Å². The van der Waals surface area contributed by atoms with Crippen molar-refractivity contribution in [3.8, 4) is 16.4 Å². The first-order chi connectivity index (χ1) is 16.2. The van der Waals surface area contributed by atoms with Gasteiger partial charge in [0.25, 0.3) is 0 Å². The van der Waals surface area contributed by atoms with Crippen LogP contribution in [0.1, 0.15) is 45.4 Å². The minimum Gasteiger partial charge on any atom is -0.356 e. The Morgan fingerprint density at radius 3 is 2.82 bits per heavy atom. The lowest BCUT2D eigenvalue weighted by Gasteiger charge is -2.33. The van der Waals surface area contributed by atoms with E-state index in [1.165, 1.54) is 25.8 Å². The number of carbonyl (C=O) groups is 1. The second kappa shape index (κ2) is 12.3. The molecular formula is C25H33N5OS2. The first-order valence-corrected chi connectivity index (χ1v) is 13.8. The summed E-state index contributed by atoms with van der Waals surface area (Å²) in [4.78, 5) is 15.9. The molecule has 1 aliphatic rings. The summed E-state index contributed by atoms with van der Waals surface area (Å²) in [5.74, 6) is 1.83. The SMILES string of the molecule is CC1CCCCN1CCCNC(=O)CCCSc1nnc(-c2cccs2)n1-c1ccccc1. The maximum Gasteiger partial charge on any atom is 0.220 e. The summed E-state index contributed by atoms with van der Waals surface area (Å²) in [5.41, 5.74) is 1.05. The van der Waals surface area contributed by atoms with Crippen LogP contribution in [0.4, 0.5) is 0 Å². The molecule has 0 radical (unpaired) electrons. The molecule has 176 valence electrons. The van der Waals surface area contributed by atoms with Gasteiger partial charge in [0.2, 0.25) is 5.91 Å². The topological polar surface area (TPSA) is 63.1 Å². The van der Waals surface area contributed by atoms with E-state index in [2.05, 4.69) is 55.5 Å². The van der Waals surface area contributed by atoms with E-state index >= 15 is 0 Å². The average molecular weight is 484 g/mol. The van der Waals surface area contributed by atoms with Gasteiger partial charge in [-0.15, -0.1) is 21.5 Å². The fourth-order valence-electron chi connectivity index (χ4n) is 4.22. The van der Waals surface area contributed by atoms with Crippen molar-refractivity contribution in [2.24, 2.45) is 0 Å². The number of carbonyl (C=O) groups excluding carboxylic acids is 1. The van der Waals surface area contributed by atoms with Gasteiger partial charge < -0.3 is 10.2 Å². The highest BCUT2D eigenvalue weighted by Crippen LogP contribution is 2.30. The third-order valence-electron chi connectivity index (χ3n) is 6.05. The number of piperidine rings is 1. The van der Waals surface area contributed by atoms with Gasteiger partial charge >= 0.3 is 0 Å². The normalized spacial score (nSPS) is 16.7. The molecule has 1 amide bonds.